The van der Waals surface area contributed by atoms with Crippen LogP contribution in [0.3, 0.4) is 0 Å². The Labute approximate surface area is 112 Å². The Morgan fingerprint density at radius 3 is 2.79 bits per heavy atom. The zero-order chi connectivity index (χ0) is 14.3. The summed E-state index contributed by atoms with van der Waals surface area (Å²) in [5, 5.41) is 14.0. The number of anilines is 2. The van der Waals surface area contributed by atoms with E-state index in [-0.39, 0.29) is 17.3 Å². The molecule has 0 saturated carbocycles. The molecule has 1 aromatic rings. The lowest BCUT2D eigenvalue weighted by molar-refractivity contribution is -0.383. The van der Waals surface area contributed by atoms with Gasteiger partial charge in [0.25, 0.3) is 0 Å². The van der Waals surface area contributed by atoms with Gasteiger partial charge in [-0.1, -0.05) is 33.1 Å². The van der Waals surface area contributed by atoms with Crippen molar-refractivity contribution in [1.82, 2.24) is 9.97 Å². The SMILES string of the molecule is CCCCC(CC)CNc1ncnc(N)c1[N+](=O)[O-]. The molecule has 3 N–H and O–H groups in total. The first kappa shape index (κ1) is 15.1. The largest absolute Gasteiger partial charge is 0.378 e. The van der Waals surface area contributed by atoms with E-state index < -0.39 is 4.92 Å². The van der Waals surface area contributed by atoms with E-state index in [0.717, 1.165) is 25.7 Å². The first-order valence-corrected chi connectivity index (χ1v) is 6.58. The summed E-state index contributed by atoms with van der Waals surface area (Å²) in [7, 11) is 0. The van der Waals surface area contributed by atoms with Crippen LogP contribution in [0, 0.1) is 16.0 Å². The Morgan fingerprint density at radius 1 is 1.47 bits per heavy atom. The monoisotopic (exact) mass is 267 g/mol. The molecule has 7 nitrogen and oxygen atoms in total. The Kier molecular flexibility index (Phi) is 5.98. The van der Waals surface area contributed by atoms with E-state index in [1.165, 1.54) is 6.33 Å². The first-order valence-electron chi connectivity index (χ1n) is 6.58. The maximum atomic E-state index is 10.9. The van der Waals surface area contributed by atoms with Crippen LogP contribution in [-0.4, -0.2) is 21.4 Å². The van der Waals surface area contributed by atoms with E-state index >= 15 is 0 Å². The molecule has 1 atom stereocenters. The van der Waals surface area contributed by atoms with Gasteiger partial charge in [0.2, 0.25) is 11.6 Å². The van der Waals surface area contributed by atoms with E-state index in [0.29, 0.717) is 12.5 Å². The molecule has 0 aliphatic heterocycles. The first-order chi connectivity index (χ1) is 9.10. The second kappa shape index (κ2) is 7.50. The number of hydrogen-bond donors (Lipinski definition) is 2. The van der Waals surface area contributed by atoms with Crippen molar-refractivity contribution >= 4 is 17.3 Å². The van der Waals surface area contributed by atoms with Crippen LogP contribution in [0.4, 0.5) is 17.3 Å². The fourth-order valence-corrected chi connectivity index (χ4v) is 1.89. The van der Waals surface area contributed by atoms with Gasteiger partial charge in [-0.15, -0.1) is 0 Å². The number of unbranched alkanes of at least 4 members (excludes halogenated alkanes) is 1. The summed E-state index contributed by atoms with van der Waals surface area (Å²) in [5.74, 6) is 0.576. The number of nitrogens with one attached hydrogen (secondary N) is 1. The molecule has 0 aromatic carbocycles. The highest BCUT2D eigenvalue weighted by atomic mass is 16.6. The average molecular weight is 267 g/mol. The smallest absolute Gasteiger partial charge is 0.352 e. The summed E-state index contributed by atoms with van der Waals surface area (Å²) in [6.45, 7) is 4.93. The predicted molar refractivity (Wildman–Crippen MR) is 74.9 cm³/mol. The summed E-state index contributed by atoms with van der Waals surface area (Å²) in [5.41, 5.74) is 5.27. The molecule has 1 unspecified atom stereocenters. The minimum atomic E-state index is -0.551. The molecule has 0 spiro atoms. The van der Waals surface area contributed by atoms with Gasteiger partial charge < -0.3 is 11.1 Å². The molecule has 1 heterocycles. The predicted octanol–water partition coefficient (Wildman–Crippen LogP) is 2.60. The second-order valence-corrected chi connectivity index (χ2v) is 4.51. The van der Waals surface area contributed by atoms with Crippen LogP contribution in [0.2, 0.25) is 0 Å². The molecule has 0 aliphatic rings. The van der Waals surface area contributed by atoms with Crippen LogP contribution in [0.5, 0.6) is 0 Å². The maximum Gasteiger partial charge on any atom is 0.352 e. The number of nitrogen functional groups attached to an aromatic ring is 1. The Balaban J connectivity index is 2.71. The van der Waals surface area contributed by atoms with Crippen molar-refractivity contribution < 1.29 is 4.92 Å². The third kappa shape index (κ3) is 4.35. The summed E-state index contributed by atoms with van der Waals surface area (Å²) in [4.78, 5) is 17.9. The lowest BCUT2D eigenvalue weighted by Crippen LogP contribution is -2.16. The van der Waals surface area contributed by atoms with Crippen LogP contribution < -0.4 is 11.1 Å². The van der Waals surface area contributed by atoms with Crippen LogP contribution >= 0.6 is 0 Å². The van der Waals surface area contributed by atoms with Crippen LogP contribution in [0.25, 0.3) is 0 Å². The molecule has 106 valence electrons. The molecule has 0 aliphatic carbocycles. The highest BCUT2D eigenvalue weighted by Crippen LogP contribution is 2.26. The van der Waals surface area contributed by atoms with Crippen molar-refractivity contribution in [3.05, 3.63) is 16.4 Å². The summed E-state index contributed by atoms with van der Waals surface area (Å²) < 4.78 is 0. The van der Waals surface area contributed by atoms with Gasteiger partial charge in [-0.2, -0.15) is 0 Å². The number of aromatic nitrogens is 2. The lowest BCUT2D eigenvalue weighted by Gasteiger charge is -2.15. The molecule has 0 fully saturated rings. The summed E-state index contributed by atoms with van der Waals surface area (Å²) >= 11 is 0. The van der Waals surface area contributed by atoms with Crippen LogP contribution in [0.1, 0.15) is 39.5 Å². The third-order valence-electron chi connectivity index (χ3n) is 3.13. The van der Waals surface area contributed by atoms with Crippen molar-refractivity contribution in [3.63, 3.8) is 0 Å². The highest BCUT2D eigenvalue weighted by Gasteiger charge is 2.21. The average Bonchev–Trinajstić information content (AvgIpc) is 2.38. The van der Waals surface area contributed by atoms with Gasteiger partial charge >= 0.3 is 5.69 Å². The number of nitro groups is 1. The van der Waals surface area contributed by atoms with Gasteiger partial charge in [-0.05, 0) is 12.3 Å². The fourth-order valence-electron chi connectivity index (χ4n) is 1.89. The Hall–Kier alpha value is -1.92. The minimum Gasteiger partial charge on any atom is -0.378 e. The van der Waals surface area contributed by atoms with Crippen molar-refractivity contribution in [3.8, 4) is 0 Å². The van der Waals surface area contributed by atoms with Crippen molar-refractivity contribution in [2.24, 2.45) is 5.92 Å². The molecular weight excluding hydrogens is 246 g/mol. The van der Waals surface area contributed by atoms with E-state index in [2.05, 4.69) is 29.1 Å². The van der Waals surface area contributed by atoms with Gasteiger partial charge in [0.1, 0.15) is 6.33 Å². The van der Waals surface area contributed by atoms with E-state index in [9.17, 15) is 10.1 Å². The summed E-state index contributed by atoms with van der Waals surface area (Å²) in [6.07, 6.45) is 5.68. The van der Waals surface area contributed by atoms with Crippen molar-refractivity contribution in [2.45, 2.75) is 39.5 Å². The van der Waals surface area contributed by atoms with Gasteiger partial charge in [-0.25, -0.2) is 9.97 Å². The molecule has 1 aromatic heterocycles. The fraction of sp³-hybridized carbons (Fsp3) is 0.667. The highest BCUT2D eigenvalue weighted by molar-refractivity contribution is 5.67. The maximum absolute atomic E-state index is 10.9. The number of nitrogens with two attached hydrogens (primary N) is 1. The van der Waals surface area contributed by atoms with Crippen LogP contribution in [0.15, 0.2) is 6.33 Å². The van der Waals surface area contributed by atoms with Crippen molar-refractivity contribution in [2.75, 3.05) is 17.6 Å². The molecule has 7 heteroatoms. The number of rotatable bonds is 8. The Morgan fingerprint density at radius 2 is 2.21 bits per heavy atom. The quantitative estimate of drug-likeness (QED) is 0.553. The molecule has 0 amide bonds. The van der Waals surface area contributed by atoms with E-state index in [4.69, 9.17) is 5.73 Å². The lowest BCUT2D eigenvalue weighted by atomic mass is 9.99. The summed E-state index contributed by atoms with van der Waals surface area (Å²) in [6, 6.07) is 0. The van der Waals surface area contributed by atoms with E-state index in [1.54, 1.807) is 0 Å². The van der Waals surface area contributed by atoms with Gasteiger partial charge in [-0.3, -0.25) is 10.1 Å². The second-order valence-electron chi connectivity index (χ2n) is 4.51. The molecule has 0 radical (unpaired) electrons. The number of hydrogen-bond acceptors (Lipinski definition) is 6. The zero-order valence-corrected chi connectivity index (χ0v) is 11.4. The van der Waals surface area contributed by atoms with E-state index in [1.807, 2.05) is 0 Å². The van der Waals surface area contributed by atoms with Gasteiger partial charge in [0.05, 0.1) is 4.92 Å². The van der Waals surface area contributed by atoms with Gasteiger partial charge in [0, 0.05) is 6.54 Å². The van der Waals surface area contributed by atoms with Crippen molar-refractivity contribution in [1.29, 1.82) is 0 Å². The zero-order valence-electron chi connectivity index (χ0n) is 11.4. The molecule has 1 rings (SSSR count). The standard InChI is InChI=1S/C12H21N5O2/c1-3-5-6-9(4-2)7-14-12-10(17(18)19)11(13)15-8-16-12/h8-9H,3-7H2,1-2H3,(H3,13,14,15,16). The molecular formula is C12H21N5O2. The minimum absolute atomic E-state index is 0.107. The topological polar surface area (TPSA) is 107 Å². The molecule has 0 saturated heterocycles. The van der Waals surface area contributed by atoms with Gasteiger partial charge in [0.15, 0.2) is 0 Å². The van der Waals surface area contributed by atoms with Crippen LogP contribution in [-0.2, 0) is 0 Å². The molecule has 19 heavy (non-hydrogen) atoms. The third-order valence-corrected chi connectivity index (χ3v) is 3.13. The molecule has 0 bridgehead atoms. The number of nitrogens with zero attached hydrogens (tertiary/aromatic N) is 3. The Bertz CT molecular complexity index is 425. The normalized spacial score (nSPS) is 12.1.